The standard InChI is InChI=1S/C16H13Br/c1-10-7-11(2)16-13(8-10)4-3-12-5-6-14(17)9-15(12)16/h3-9H,1-2H3. The minimum Gasteiger partial charge on any atom is -0.0557 e. The van der Waals surface area contributed by atoms with Crippen LogP contribution in [0.2, 0.25) is 0 Å². The molecule has 84 valence electrons. The third-order valence-corrected chi connectivity index (χ3v) is 3.73. The van der Waals surface area contributed by atoms with Gasteiger partial charge in [-0.25, -0.2) is 0 Å². The van der Waals surface area contributed by atoms with Crippen LogP contribution in [0.5, 0.6) is 0 Å². The quantitative estimate of drug-likeness (QED) is 0.487. The second-order valence-electron chi connectivity index (χ2n) is 4.61. The first-order valence-corrected chi connectivity index (χ1v) is 6.54. The maximum atomic E-state index is 3.56. The van der Waals surface area contributed by atoms with Gasteiger partial charge in [0.2, 0.25) is 0 Å². The Hall–Kier alpha value is -1.34. The molecule has 0 bridgehead atoms. The molecule has 0 aliphatic carbocycles. The van der Waals surface area contributed by atoms with Crippen molar-refractivity contribution in [3.05, 3.63) is 58.1 Å². The Morgan fingerprint density at radius 2 is 1.53 bits per heavy atom. The van der Waals surface area contributed by atoms with Crippen molar-refractivity contribution >= 4 is 37.5 Å². The van der Waals surface area contributed by atoms with E-state index >= 15 is 0 Å². The highest BCUT2D eigenvalue weighted by molar-refractivity contribution is 9.10. The van der Waals surface area contributed by atoms with Crippen molar-refractivity contribution in [1.29, 1.82) is 0 Å². The summed E-state index contributed by atoms with van der Waals surface area (Å²) >= 11 is 3.56. The summed E-state index contributed by atoms with van der Waals surface area (Å²) in [5, 5.41) is 5.32. The van der Waals surface area contributed by atoms with Crippen LogP contribution in [0.4, 0.5) is 0 Å². The summed E-state index contributed by atoms with van der Waals surface area (Å²) in [6, 6.07) is 15.4. The molecule has 3 rings (SSSR count). The van der Waals surface area contributed by atoms with E-state index in [9.17, 15) is 0 Å². The predicted molar refractivity (Wildman–Crippen MR) is 78.6 cm³/mol. The fourth-order valence-corrected chi connectivity index (χ4v) is 2.93. The first-order valence-electron chi connectivity index (χ1n) is 5.74. The second-order valence-corrected chi connectivity index (χ2v) is 5.53. The van der Waals surface area contributed by atoms with E-state index in [0.717, 1.165) is 4.47 Å². The van der Waals surface area contributed by atoms with Gasteiger partial charge in [0.25, 0.3) is 0 Å². The zero-order valence-electron chi connectivity index (χ0n) is 9.92. The van der Waals surface area contributed by atoms with Crippen LogP contribution in [0.1, 0.15) is 11.1 Å². The van der Waals surface area contributed by atoms with Crippen molar-refractivity contribution < 1.29 is 0 Å². The summed E-state index contributed by atoms with van der Waals surface area (Å²) in [5.41, 5.74) is 2.67. The summed E-state index contributed by atoms with van der Waals surface area (Å²) in [7, 11) is 0. The van der Waals surface area contributed by atoms with Gasteiger partial charge in [-0.2, -0.15) is 0 Å². The molecular formula is C16H13Br. The number of halogens is 1. The lowest BCUT2D eigenvalue weighted by Crippen LogP contribution is -1.84. The number of benzene rings is 3. The van der Waals surface area contributed by atoms with Crippen LogP contribution in [0.3, 0.4) is 0 Å². The average Bonchev–Trinajstić information content (AvgIpc) is 2.27. The highest BCUT2D eigenvalue weighted by Crippen LogP contribution is 2.30. The SMILES string of the molecule is Cc1cc(C)c2c(ccc3ccc(Br)cc32)c1. The van der Waals surface area contributed by atoms with Crippen LogP contribution in [-0.4, -0.2) is 0 Å². The highest BCUT2D eigenvalue weighted by Gasteiger charge is 2.04. The zero-order chi connectivity index (χ0) is 12.0. The lowest BCUT2D eigenvalue weighted by molar-refractivity contribution is 1.43. The van der Waals surface area contributed by atoms with Crippen LogP contribution in [0, 0.1) is 13.8 Å². The number of aryl methyl sites for hydroxylation is 2. The van der Waals surface area contributed by atoms with E-state index in [0.29, 0.717) is 0 Å². The molecule has 0 heterocycles. The van der Waals surface area contributed by atoms with Crippen LogP contribution in [-0.2, 0) is 0 Å². The molecule has 0 aliphatic heterocycles. The number of fused-ring (bicyclic) bond motifs is 3. The van der Waals surface area contributed by atoms with E-state index in [2.05, 4.69) is 72.2 Å². The van der Waals surface area contributed by atoms with Crippen LogP contribution >= 0.6 is 15.9 Å². The molecule has 0 aromatic heterocycles. The third-order valence-electron chi connectivity index (χ3n) is 3.24. The maximum absolute atomic E-state index is 3.56. The Labute approximate surface area is 109 Å². The molecule has 0 fully saturated rings. The van der Waals surface area contributed by atoms with Gasteiger partial charge >= 0.3 is 0 Å². The smallest absolute Gasteiger partial charge is 0.0181 e. The fourth-order valence-electron chi connectivity index (χ4n) is 2.57. The van der Waals surface area contributed by atoms with Gasteiger partial charge in [0.1, 0.15) is 0 Å². The lowest BCUT2D eigenvalue weighted by Gasteiger charge is -2.09. The van der Waals surface area contributed by atoms with Gasteiger partial charge in [-0.3, -0.25) is 0 Å². The van der Waals surface area contributed by atoms with Crippen molar-refractivity contribution in [2.75, 3.05) is 0 Å². The largest absolute Gasteiger partial charge is 0.0557 e. The summed E-state index contributed by atoms with van der Waals surface area (Å²) in [6.45, 7) is 4.34. The average molecular weight is 285 g/mol. The topological polar surface area (TPSA) is 0 Å². The molecule has 0 radical (unpaired) electrons. The molecule has 17 heavy (non-hydrogen) atoms. The van der Waals surface area contributed by atoms with Crippen molar-refractivity contribution in [2.45, 2.75) is 13.8 Å². The third kappa shape index (κ3) is 1.75. The van der Waals surface area contributed by atoms with Crippen molar-refractivity contribution in [3.8, 4) is 0 Å². The molecule has 0 saturated heterocycles. The van der Waals surface area contributed by atoms with Crippen molar-refractivity contribution in [2.24, 2.45) is 0 Å². The molecule has 0 saturated carbocycles. The van der Waals surface area contributed by atoms with Gasteiger partial charge in [-0.15, -0.1) is 0 Å². The number of hydrogen-bond acceptors (Lipinski definition) is 0. The summed E-state index contributed by atoms with van der Waals surface area (Å²) < 4.78 is 1.14. The van der Waals surface area contributed by atoms with Gasteiger partial charge in [0, 0.05) is 4.47 Å². The maximum Gasteiger partial charge on any atom is 0.0181 e. The van der Waals surface area contributed by atoms with Gasteiger partial charge in [0.05, 0.1) is 0 Å². The molecule has 0 spiro atoms. The van der Waals surface area contributed by atoms with E-state index in [1.165, 1.54) is 32.7 Å². The van der Waals surface area contributed by atoms with Crippen LogP contribution in [0.15, 0.2) is 46.9 Å². The Balaban J connectivity index is 2.58. The molecule has 0 N–H and O–H groups in total. The molecule has 1 heteroatoms. The van der Waals surface area contributed by atoms with E-state index < -0.39 is 0 Å². The molecule has 3 aromatic carbocycles. The highest BCUT2D eigenvalue weighted by atomic mass is 79.9. The van der Waals surface area contributed by atoms with E-state index in [1.807, 2.05) is 0 Å². The summed E-state index contributed by atoms with van der Waals surface area (Å²) in [4.78, 5) is 0. The van der Waals surface area contributed by atoms with E-state index in [-0.39, 0.29) is 0 Å². The summed E-state index contributed by atoms with van der Waals surface area (Å²) in [5.74, 6) is 0. The molecule has 3 aromatic rings. The first-order chi connectivity index (χ1) is 8.15. The van der Waals surface area contributed by atoms with Crippen LogP contribution in [0.25, 0.3) is 21.5 Å². The Kier molecular flexibility index (Phi) is 2.44. The predicted octanol–water partition coefficient (Wildman–Crippen LogP) is 5.37. The van der Waals surface area contributed by atoms with E-state index in [4.69, 9.17) is 0 Å². The van der Waals surface area contributed by atoms with Crippen molar-refractivity contribution in [1.82, 2.24) is 0 Å². The Morgan fingerprint density at radius 1 is 0.824 bits per heavy atom. The lowest BCUT2D eigenvalue weighted by atomic mass is 9.97. The van der Waals surface area contributed by atoms with Gasteiger partial charge in [0.15, 0.2) is 0 Å². The monoisotopic (exact) mass is 284 g/mol. The molecular weight excluding hydrogens is 272 g/mol. The van der Waals surface area contributed by atoms with Gasteiger partial charge < -0.3 is 0 Å². The second kappa shape index (κ2) is 3.85. The van der Waals surface area contributed by atoms with Gasteiger partial charge in [-0.1, -0.05) is 51.8 Å². The number of hydrogen-bond donors (Lipinski definition) is 0. The number of rotatable bonds is 0. The molecule has 0 atom stereocenters. The fraction of sp³-hybridized carbons (Fsp3) is 0.125. The van der Waals surface area contributed by atoms with E-state index in [1.54, 1.807) is 0 Å². The molecule has 0 nitrogen and oxygen atoms in total. The zero-order valence-corrected chi connectivity index (χ0v) is 11.5. The Morgan fingerprint density at radius 3 is 2.35 bits per heavy atom. The minimum absolute atomic E-state index is 1.14. The first kappa shape index (κ1) is 10.8. The summed E-state index contributed by atoms with van der Waals surface area (Å²) in [6.07, 6.45) is 0. The molecule has 0 aliphatic rings. The Bertz CT molecular complexity index is 726. The van der Waals surface area contributed by atoms with Crippen LogP contribution < -0.4 is 0 Å². The van der Waals surface area contributed by atoms with Gasteiger partial charge in [-0.05, 0) is 53.1 Å². The normalized spacial score (nSPS) is 11.2. The minimum atomic E-state index is 1.14. The molecule has 0 amide bonds. The molecule has 0 unspecified atom stereocenters. The van der Waals surface area contributed by atoms with Crippen molar-refractivity contribution in [3.63, 3.8) is 0 Å².